The molecular weight excluding hydrogens is 346 g/mol. The first-order chi connectivity index (χ1) is 9.13. The number of benzene rings is 1. The van der Waals surface area contributed by atoms with Gasteiger partial charge in [0.1, 0.15) is 5.75 Å². The van der Waals surface area contributed by atoms with Gasteiger partial charge in [-0.3, -0.25) is 0 Å². The van der Waals surface area contributed by atoms with Gasteiger partial charge in [-0.05, 0) is 59.2 Å². The highest BCUT2D eigenvalue weighted by molar-refractivity contribution is 9.10. The lowest BCUT2D eigenvalue weighted by Crippen LogP contribution is -2.17. The summed E-state index contributed by atoms with van der Waals surface area (Å²) in [5, 5.41) is 3.33. The summed E-state index contributed by atoms with van der Waals surface area (Å²) in [7, 11) is 3.64. The number of ether oxygens (including phenoxy) is 1. The minimum atomic E-state index is 0.276. The van der Waals surface area contributed by atoms with Crippen LogP contribution in [0.2, 0.25) is 4.34 Å². The lowest BCUT2D eigenvalue weighted by molar-refractivity contribution is 0.412. The Morgan fingerprint density at radius 1 is 1.37 bits per heavy atom. The fourth-order valence-electron chi connectivity index (χ4n) is 1.93. The maximum atomic E-state index is 6.00. The molecule has 1 heterocycles. The molecule has 0 saturated heterocycles. The number of methoxy groups -OCH3 is 1. The molecule has 0 fully saturated rings. The Hall–Kier alpha value is -0.550. The van der Waals surface area contributed by atoms with Crippen LogP contribution in [0.4, 0.5) is 0 Å². The van der Waals surface area contributed by atoms with Crippen molar-refractivity contribution < 1.29 is 4.74 Å². The summed E-state index contributed by atoms with van der Waals surface area (Å²) in [4.78, 5) is 1.25. The zero-order valence-electron chi connectivity index (χ0n) is 10.7. The molecule has 0 aliphatic rings. The Morgan fingerprint density at radius 3 is 2.68 bits per heavy atom. The molecule has 5 heteroatoms. The van der Waals surface area contributed by atoms with Crippen molar-refractivity contribution >= 4 is 38.9 Å². The highest BCUT2D eigenvalue weighted by Crippen LogP contribution is 2.31. The van der Waals surface area contributed by atoms with Crippen molar-refractivity contribution in [2.24, 2.45) is 0 Å². The van der Waals surface area contributed by atoms with E-state index in [1.165, 1.54) is 10.4 Å². The van der Waals surface area contributed by atoms with Crippen LogP contribution in [0.25, 0.3) is 0 Å². The number of nitrogens with one attached hydrogen (secondary N) is 1. The van der Waals surface area contributed by atoms with Gasteiger partial charge in [0, 0.05) is 10.9 Å². The molecule has 0 radical (unpaired) electrons. The van der Waals surface area contributed by atoms with E-state index in [-0.39, 0.29) is 6.04 Å². The second kappa shape index (κ2) is 6.75. The summed E-state index contributed by atoms with van der Waals surface area (Å²) < 4.78 is 7.04. The van der Waals surface area contributed by atoms with Gasteiger partial charge >= 0.3 is 0 Å². The van der Waals surface area contributed by atoms with Crippen LogP contribution in [0.15, 0.2) is 34.8 Å². The van der Waals surface area contributed by atoms with Crippen molar-refractivity contribution in [1.29, 1.82) is 0 Å². The molecule has 0 aliphatic carbocycles. The van der Waals surface area contributed by atoms with E-state index < -0.39 is 0 Å². The van der Waals surface area contributed by atoms with Gasteiger partial charge in [-0.15, -0.1) is 11.3 Å². The molecule has 1 aromatic heterocycles. The summed E-state index contributed by atoms with van der Waals surface area (Å²) in [6.07, 6.45) is 0.913. The van der Waals surface area contributed by atoms with Gasteiger partial charge in [0.2, 0.25) is 0 Å². The minimum absolute atomic E-state index is 0.276. The number of rotatable bonds is 5. The van der Waals surface area contributed by atoms with E-state index in [4.69, 9.17) is 16.3 Å². The molecule has 1 atom stereocenters. The van der Waals surface area contributed by atoms with E-state index >= 15 is 0 Å². The van der Waals surface area contributed by atoms with Crippen LogP contribution < -0.4 is 10.1 Å². The van der Waals surface area contributed by atoms with Gasteiger partial charge in [0.15, 0.2) is 0 Å². The zero-order valence-corrected chi connectivity index (χ0v) is 13.9. The number of likely N-dealkylation sites (N-methyl/N-ethyl adjacent to an activating group) is 1. The third-order valence-electron chi connectivity index (χ3n) is 2.94. The Balaban J connectivity index is 2.16. The molecule has 2 aromatic rings. The maximum absolute atomic E-state index is 6.00. The third kappa shape index (κ3) is 3.72. The number of hydrogen-bond acceptors (Lipinski definition) is 3. The topological polar surface area (TPSA) is 21.3 Å². The van der Waals surface area contributed by atoms with Crippen molar-refractivity contribution in [2.75, 3.05) is 14.2 Å². The van der Waals surface area contributed by atoms with E-state index in [9.17, 15) is 0 Å². The molecule has 2 rings (SSSR count). The summed E-state index contributed by atoms with van der Waals surface area (Å²) in [6.45, 7) is 0. The van der Waals surface area contributed by atoms with Gasteiger partial charge in [0.05, 0.1) is 15.9 Å². The SMILES string of the molecule is CNC(Cc1ccc(OC)c(Br)c1)c1ccc(Cl)s1. The van der Waals surface area contributed by atoms with E-state index in [1.807, 2.05) is 19.2 Å². The van der Waals surface area contributed by atoms with E-state index in [1.54, 1.807) is 18.4 Å². The minimum Gasteiger partial charge on any atom is -0.496 e. The molecule has 1 unspecified atom stereocenters. The van der Waals surface area contributed by atoms with Crippen molar-refractivity contribution in [3.63, 3.8) is 0 Å². The normalized spacial score (nSPS) is 12.4. The summed E-state index contributed by atoms with van der Waals surface area (Å²) in [5.41, 5.74) is 1.25. The summed E-state index contributed by atoms with van der Waals surface area (Å²) in [5.74, 6) is 0.851. The van der Waals surface area contributed by atoms with Gasteiger partial charge < -0.3 is 10.1 Å². The standard InChI is InChI=1S/C14H15BrClNOS/c1-17-11(13-5-6-14(16)19-13)8-9-3-4-12(18-2)10(15)7-9/h3-7,11,17H,8H2,1-2H3. The molecule has 0 saturated carbocycles. The fraction of sp³-hybridized carbons (Fsp3) is 0.286. The molecule has 0 amide bonds. The Labute approximate surface area is 130 Å². The van der Waals surface area contributed by atoms with Crippen molar-refractivity contribution in [3.05, 3.63) is 49.6 Å². The second-order valence-corrected chi connectivity index (χ2v) is 6.76. The zero-order chi connectivity index (χ0) is 13.8. The van der Waals surface area contributed by atoms with Crippen LogP contribution in [0, 0.1) is 0 Å². The predicted molar refractivity (Wildman–Crippen MR) is 85.5 cm³/mol. The van der Waals surface area contributed by atoms with Crippen LogP contribution in [0.1, 0.15) is 16.5 Å². The quantitative estimate of drug-likeness (QED) is 0.836. The Morgan fingerprint density at radius 2 is 2.16 bits per heavy atom. The lowest BCUT2D eigenvalue weighted by atomic mass is 10.0. The number of thiophene rings is 1. The van der Waals surface area contributed by atoms with Crippen molar-refractivity contribution in [2.45, 2.75) is 12.5 Å². The molecule has 2 nitrogen and oxygen atoms in total. The highest BCUT2D eigenvalue weighted by atomic mass is 79.9. The van der Waals surface area contributed by atoms with Crippen LogP contribution in [0.3, 0.4) is 0 Å². The van der Waals surface area contributed by atoms with Crippen LogP contribution >= 0.6 is 38.9 Å². The smallest absolute Gasteiger partial charge is 0.133 e. The monoisotopic (exact) mass is 359 g/mol. The molecule has 0 spiro atoms. The molecule has 1 N–H and O–H groups in total. The summed E-state index contributed by atoms with van der Waals surface area (Å²) >= 11 is 11.1. The van der Waals surface area contributed by atoms with E-state index in [2.05, 4.69) is 39.4 Å². The second-order valence-electron chi connectivity index (χ2n) is 4.16. The van der Waals surface area contributed by atoms with Crippen LogP contribution in [0.5, 0.6) is 5.75 Å². The number of hydrogen-bond donors (Lipinski definition) is 1. The average Bonchev–Trinajstić information content (AvgIpc) is 2.82. The van der Waals surface area contributed by atoms with Crippen molar-refractivity contribution in [3.8, 4) is 5.75 Å². The van der Waals surface area contributed by atoms with Gasteiger partial charge in [-0.2, -0.15) is 0 Å². The molecule has 1 aromatic carbocycles. The van der Waals surface area contributed by atoms with Crippen molar-refractivity contribution in [1.82, 2.24) is 5.32 Å². The molecular formula is C14H15BrClNOS. The third-order valence-corrected chi connectivity index (χ3v) is 4.91. The van der Waals surface area contributed by atoms with Gasteiger partial charge in [0.25, 0.3) is 0 Å². The Kier molecular flexibility index (Phi) is 5.28. The van der Waals surface area contributed by atoms with Gasteiger partial charge in [-0.25, -0.2) is 0 Å². The van der Waals surface area contributed by atoms with Crippen LogP contribution in [-0.4, -0.2) is 14.2 Å². The maximum Gasteiger partial charge on any atom is 0.133 e. The number of halogens is 2. The highest BCUT2D eigenvalue weighted by Gasteiger charge is 2.13. The van der Waals surface area contributed by atoms with E-state index in [0.717, 1.165) is 21.0 Å². The predicted octanol–water partition coefficient (Wildman–Crippen LogP) is 4.68. The molecule has 0 aliphatic heterocycles. The summed E-state index contributed by atoms with van der Waals surface area (Å²) in [6, 6.07) is 10.5. The van der Waals surface area contributed by atoms with Crippen LogP contribution in [-0.2, 0) is 6.42 Å². The Bertz CT molecular complexity index is 558. The lowest BCUT2D eigenvalue weighted by Gasteiger charge is -2.15. The van der Waals surface area contributed by atoms with E-state index in [0.29, 0.717) is 0 Å². The van der Waals surface area contributed by atoms with Gasteiger partial charge in [-0.1, -0.05) is 17.7 Å². The average molecular weight is 361 g/mol. The largest absolute Gasteiger partial charge is 0.496 e. The first kappa shape index (κ1) is 14.9. The fourth-order valence-corrected chi connectivity index (χ4v) is 3.69. The molecule has 0 bridgehead atoms. The molecule has 102 valence electrons. The molecule has 19 heavy (non-hydrogen) atoms. The first-order valence-electron chi connectivity index (χ1n) is 5.89. The first-order valence-corrected chi connectivity index (χ1v) is 7.87.